The average Bonchev–Trinajstić information content (AvgIpc) is 2.64. The Morgan fingerprint density at radius 2 is 1.76 bits per heavy atom. The van der Waals surface area contributed by atoms with E-state index in [0.29, 0.717) is 24.4 Å². The Labute approximate surface area is 150 Å². The van der Waals surface area contributed by atoms with Gasteiger partial charge in [0.05, 0.1) is 7.11 Å². The molecule has 6 nitrogen and oxygen atoms in total. The molecule has 138 valence electrons. The maximum absolute atomic E-state index is 12.7. The van der Waals surface area contributed by atoms with Gasteiger partial charge in [-0.1, -0.05) is 12.1 Å². The number of likely N-dealkylation sites (N-methyl/N-ethyl adjacent to an activating group) is 2. The first-order chi connectivity index (χ1) is 11.9. The van der Waals surface area contributed by atoms with Crippen LogP contribution in [-0.2, 0) is 4.79 Å². The molecule has 6 heteroatoms. The van der Waals surface area contributed by atoms with Crippen molar-refractivity contribution < 1.29 is 14.6 Å². The van der Waals surface area contributed by atoms with Crippen LogP contribution in [0.4, 0.5) is 0 Å². The summed E-state index contributed by atoms with van der Waals surface area (Å²) in [5.74, 6) is 0.514. The molecule has 1 amide bonds. The lowest BCUT2D eigenvalue weighted by molar-refractivity contribution is -0.144. The zero-order chi connectivity index (χ0) is 18.0. The molecule has 1 aromatic carbocycles. The van der Waals surface area contributed by atoms with E-state index in [1.165, 1.54) is 0 Å². The van der Waals surface area contributed by atoms with E-state index < -0.39 is 6.10 Å². The molecule has 1 spiro atoms. The normalized spacial score (nSPS) is 22.8. The summed E-state index contributed by atoms with van der Waals surface area (Å²) < 4.78 is 5.12. The van der Waals surface area contributed by atoms with Crippen molar-refractivity contribution in [2.24, 2.45) is 0 Å². The van der Waals surface area contributed by atoms with Gasteiger partial charge >= 0.3 is 0 Å². The standard InChI is InChI=1S/C19H29N3O3/c1-20-12-13-21(2)19(14-20)8-10-22(11-9-19)18(24)17(23)15-4-6-16(25-3)7-5-15/h4-7,17,23H,8-14H2,1-3H3/t17-/m1/s1. The number of methoxy groups -OCH3 is 1. The summed E-state index contributed by atoms with van der Waals surface area (Å²) in [5, 5.41) is 10.5. The third kappa shape index (κ3) is 3.66. The van der Waals surface area contributed by atoms with Crippen LogP contribution in [0.5, 0.6) is 5.75 Å². The van der Waals surface area contributed by atoms with Crippen LogP contribution in [0.3, 0.4) is 0 Å². The topological polar surface area (TPSA) is 56.3 Å². The zero-order valence-corrected chi connectivity index (χ0v) is 15.4. The number of aliphatic hydroxyl groups is 1. The molecule has 2 aliphatic rings. The van der Waals surface area contributed by atoms with Crippen molar-refractivity contribution in [2.75, 3.05) is 53.9 Å². The number of likely N-dealkylation sites (tertiary alicyclic amines) is 1. The first-order valence-corrected chi connectivity index (χ1v) is 8.96. The van der Waals surface area contributed by atoms with E-state index in [9.17, 15) is 9.90 Å². The van der Waals surface area contributed by atoms with Crippen LogP contribution in [0.2, 0.25) is 0 Å². The lowest BCUT2D eigenvalue weighted by atomic mass is 9.83. The third-order valence-corrected chi connectivity index (χ3v) is 5.86. The summed E-state index contributed by atoms with van der Waals surface area (Å²) in [4.78, 5) is 19.3. The van der Waals surface area contributed by atoms with E-state index in [0.717, 1.165) is 32.5 Å². The lowest BCUT2D eigenvalue weighted by Gasteiger charge is -2.52. The Morgan fingerprint density at radius 3 is 2.36 bits per heavy atom. The van der Waals surface area contributed by atoms with E-state index in [4.69, 9.17) is 4.74 Å². The number of carbonyl (C=O) groups is 1. The van der Waals surface area contributed by atoms with Gasteiger partial charge in [-0.25, -0.2) is 0 Å². The van der Waals surface area contributed by atoms with Crippen LogP contribution in [0, 0.1) is 0 Å². The molecule has 2 saturated heterocycles. The smallest absolute Gasteiger partial charge is 0.256 e. The monoisotopic (exact) mass is 347 g/mol. The van der Waals surface area contributed by atoms with Gasteiger partial charge in [0.15, 0.2) is 6.10 Å². The Balaban J connectivity index is 1.62. The van der Waals surface area contributed by atoms with Gasteiger partial charge in [0.1, 0.15) is 5.75 Å². The second-order valence-electron chi connectivity index (χ2n) is 7.38. The van der Waals surface area contributed by atoms with Crippen LogP contribution in [-0.4, -0.2) is 85.2 Å². The number of piperidine rings is 1. The van der Waals surface area contributed by atoms with Crippen molar-refractivity contribution in [3.8, 4) is 5.75 Å². The van der Waals surface area contributed by atoms with E-state index in [1.54, 1.807) is 31.4 Å². The fourth-order valence-electron chi connectivity index (χ4n) is 4.04. The summed E-state index contributed by atoms with van der Waals surface area (Å²) in [7, 11) is 5.95. The lowest BCUT2D eigenvalue weighted by Crippen LogP contribution is -2.64. The summed E-state index contributed by atoms with van der Waals surface area (Å²) in [6.07, 6.45) is 0.802. The van der Waals surface area contributed by atoms with Crippen LogP contribution in [0.25, 0.3) is 0 Å². The molecular weight excluding hydrogens is 318 g/mol. The number of amides is 1. The minimum atomic E-state index is -1.10. The number of ether oxygens (including phenoxy) is 1. The van der Waals surface area contributed by atoms with Gasteiger partial charge in [-0.05, 0) is 44.6 Å². The van der Waals surface area contributed by atoms with E-state index in [-0.39, 0.29) is 11.4 Å². The number of aliphatic hydroxyl groups excluding tert-OH is 1. The highest BCUT2D eigenvalue weighted by Gasteiger charge is 2.42. The van der Waals surface area contributed by atoms with E-state index in [2.05, 4.69) is 23.9 Å². The van der Waals surface area contributed by atoms with Crippen molar-refractivity contribution in [3.63, 3.8) is 0 Å². The third-order valence-electron chi connectivity index (χ3n) is 5.86. The van der Waals surface area contributed by atoms with Crippen molar-refractivity contribution >= 4 is 5.91 Å². The van der Waals surface area contributed by atoms with Gasteiger partial charge in [0.25, 0.3) is 5.91 Å². The van der Waals surface area contributed by atoms with Gasteiger partial charge in [0, 0.05) is 38.3 Å². The molecule has 1 aromatic rings. The molecule has 0 unspecified atom stereocenters. The van der Waals surface area contributed by atoms with E-state index >= 15 is 0 Å². The highest BCUT2D eigenvalue weighted by Crippen LogP contribution is 2.32. The molecule has 0 aromatic heterocycles. The van der Waals surface area contributed by atoms with Crippen LogP contribution >= 0.6 is 0 Å². The van der Waals surface area contributed by atoms with Crippen molar-refractivity contribution in [3.05, 3.63) is 29.8 Å². The Bertz CT molecular complexity index is 596. The second-order valence-corrected chi connectivity index (χ2v) is 7.38. The molecule has 2 heterocycles. The molecule has 1 atom stereocenters. The van der Waals surface area contributed by atoms with Gasteiger partial charge in [-0.15, -0.1) is 0 Å². The summed E-state index contributed by atoms with van der Waals surface area (Å²) in [6.45, 7) is 4.61. The fraction of sp³-hybridized carbons (Fsp3) is 0.632. The Hall–Kier alpha value is -1.63. The molecule has 0 aliphatic carbocycles. The SMILES string of the molecule is COc1ccc([C@@H](O)C(=O)N2CCC3(CC2)CN(C)CCN3C)cc1. The summed E-state index contributed by atoms with van der Waals surface area (Å²) in [5.41, 5.74) is 0.773. The highest BCUT2D eigenvalue weighted by atomic mass is 16.5. The number of benzene rings is 1. The quantitative estimate of drug-likeness (QED) is 0.883. The molecule has 1 N–H and O–H groups in total. The predicted octanol–water partition coefficient (Wildman–Crippen LogP) is 0.967. The summed E-state index contributed by atoms with van der Waals surface area (Å²) >= 11 is 0. The van der Waals surface area contributed by atoms with Gasteiger partial charge in [-0.2, -0.15) is 0 Å². The average molecular weight is 347 g/mol. The first-order valence-electron chi connectivity index (χ1n) is 8.96. The molecular formula is C19H29N3O3. The van der Waals surface area contributed by atoms with E-state index in [1.807, 2.05) is 4.90 Å². The number of carbonyl (C=O) groups excluding carboxylic acids is 1. The second kappa shape index (κ2) is 7.32. The summed E-state index contributed by atoms with van der Waals surface area (Å²) in [6, 6.07) is 7.03. The van der Waals surface area contributed by atoms with Crippen LogP contribution in [0.1, 0.15) is 24.5 Å². The fourth-order valence-corrected chi connectivity index (χ4v) is 4.04. The van der Waals surface area contributed by atoms with Gasteiger partial charge < -0.3 is 19.6 Å². The van der Waals surface area contributed by atoms with Crippen molar-refractivity contribution in [1.82, 2.24) is 14.7 Å². The predicted molar refractivity (Wildman–Crippen MR) is 96.6 cm³/mol. The van der Waals surface area contributed by atoms with Crippen molar-refractivity contribution in [2.45, 2.75) is 24.5 Å². The molecule has 3 rings (SSSR count). The Morgan fingerprint density at radius 1 is 1.12 bits per heavy atom. The molecule has 0 saturated carbocycles. The number of nitrogens with zero attached hydrogens (tertiary/aromatic N) is 3. The molecule has 25 heavy (non-hydrogen) atoms. The van der Waals surface area contributed by atoms with Gasteiger partial charge in [-0.3, -0.25) is 9.69 Å². The minimum Gasteiger partial charge on any atom is -0.497 e. The van der Waals surface area contributed by atoms with Crippen molar-refractivity contribution in [1.29, 1.82) is 0 Å². The molecule has 0 radical (unpaired) electrons. The zero-order valence-electron chi connectivity index (χ0n) is 15.4. The number of rotatable bonds is 3. The Kier molecular flexibility index (Phi) is 5.32. The number of hydrogen-bond acceptors (Lipinski definition) is 5. The van der Waals surface area contributed by atoms with Crippen LogP contribution < -0.4 is 4.74 Å². The molecule has 0 bridgehead atoms. The maximum atomic E-state index is 12.7. The number of piperazine rings is 1. The van der Waals surface area contributed by atoms with Crippen LogP contribution in [0.15, 0.2) is 24.3 Å². The highest BCUT2D eigenvalue weighted by molar-refractivity contribution is 5.82. The molecule has 2 aliphatic heterocycles. The number of hydrogen-bond donors (Lipinski definition) is 1. The minimum absolute atomic E-state index is 0.162. The largest absolute Gasteiger partial charge is 0.497 e. The maximum Gasteiger partial charge on any atom is 0.256 e. The first kappa shape index (κ1) is 18.2. The molecule has 2 fully saturated rings. The van der Waals surface area contributed by atoms with Gasteiger partial charge in [0.2, 0.25) is 0 Å².